The van der Waals surface area contributed by atoms with Gasteiger partial charge in [-0.15, -0.1) is 19.7 Å². The van der Waals surface area contributed by atoms with Gasteiger partial charge in [0.25, 0.3) is 0 Å². The molecule has 0 fully saturated rings. The van der Waals surface area contributed by atoms with Gasteiger partial charge in [-0.3, -0.25) is 0 Å². The molecule has 0 aliphatic heterocycles. The minimum atomic E-state index is -0.197. The Morgan fingerprint density at radius 1 is 1.15 bits per heavy atom. The van der Waals surface area contributed by atoms with Crippen molar-refractivity contribution < 1.29 is 0 Å². The van der Waals surface area contributed by atoms with Gasteiger partial charge < -0.3 is 5.73 Å². The fourth-order valence-electron chi connectivity index (χ4n) is 1.51. The molecule has 0 rings (SSSR count). The zero-order valence-electron chi connectivity index (χ0n) is 8.63. The van der Waals surface area contributed by atoms with Crippen LogP contribution >= 0.6 is 0 Å². The molecular formula is C12H21N. The Morgan fingerprint density at radius 3 is 1.92 bits per heavy atom. The normalized spacial score (nSPS) is 13.4. The van der Waals surface area contributed by atoms with E-state index >= 15 is 0 Å². The zero-order chi connectivity index (χ0) is 10.3. The number of hydrogen-bond acceptors (Lipinski definition) is 1. The Balaban J connectivity index is 4.43. The van der Waals surface area contributed by atoms with Crippen molar-refractivity contribution in [3.8, 4) is 0 Å². The summed E-state index contributed by atoms with van der Waals surface area (Å²) in [6.45, 7) is 13.3. The van der Waals surface area contributed by atoms with Crippen LogP contribution in [0.2, 0.25) is 0 Å². The van der Waals surface area contributed by atoms with Crippen molar-refractivity contribution in [1.29, 1.82) is 0 Å². The van der Waals surface area contributed by atoms with Crippen molar-refractivity contribution >= 4 is 0 Å². The standard InChI is InChI=1S/C12H21N/c1-5-8-11(4)12(13,9-6-2)10-7-3/h5-7,11H,1-3,8-10,13H2,4H3. The maximum atomic E-state index is 6.26. The molecular weight excluding hydrogens is 158 g/mol. The summed E-state index contributed by atoms with van der Waals surface area (Å²) < 4.78 is 0. The molecule has 0 aromatic rings. The van der Waals surface area contributed by atoms with Crippen LogP contribution < -0.4 is 5.73 Å². The fourth-order valence-corrected chi connectivity index (χ4v) is 1.51. The summed E-state index contributed by atoms with van der Waals surface area (Å²) in [7, 11) is 0. The van der Waals surface area contributed by atoms with E-state index in [0.29, 0.717) is 5.92 Å². The average molecular weight is 179 g/mol. The third-order valence-electron chi connectivity index (χ3n) is 2.55. The Kier molecular flexibility index (Phi) is 5.40. The van der Waals surface area contributed by atoms with Gasteiger partial charge in [0.05, 0.1) is 0 Å². The van der Waals surface area contributed by atoms with Crippen LogP contribution in [-0.4, -0.2) is 5.54 Å². The third-order valence-corrected chi connectivity index (χ3v) is 2.55. The molecule has 1 heteroatoms. The summed E-state index contributed by atoms with van der Waals surface area (Å²) in [5.41, 5.74) is 6.06. The summed E-state index contributed by atoms with van der Waals surface area (Å²) in [4.78, 5) is 0. The molecule has 0 bridgehead atoms. The fraction of sp³-hybridized carbons (Fsp3) is 0.500. The van der Waals surface area contributed by atoms with E-state index < -0.39 is 0 Å². The van der Waals surface area contributed by atoms with Gasteiger partial charge in [0.1, 0.15) is 0 Å². The van der Waals surface area contributed by atoms with Crippen LogP contribution in [0.4, 0.5) is 0 Å². The minimum Gasteiger partial charge on any atom is -0.324 e. The maximum Gasteiger partial charge on any atom is 0.0252 e. The second-order valence-corrected chi connectivity index (χ2v) is 3.64. The van der Waals surface area contributed by atoms with Crippen LogP contribution in [0.15, 0.2) is 38.0 Å². The van der Waals surface area contributed by atoms with E-state index in [1.54, 1.807) is 0 Å². The molecule has 0 amide bonds. The van der Waals surface area contributed by atoms with Crippen LogP contribution in [0, 0.1) is 5.92 Å². The molecule has 1 nitrogen and oxygen atoms in total. The smallest absolute Gasteiger partial charge is 0.0252 e. The largest absolute Gasteiger partial charge is 0.324 e. The van der Waals surface area contributed by atoms with E-state index in [1.165, 1.54) is 0 Å². The predicted octanol–water partition coefficient (Wildman–Crippen LogP) is 3.05. The van der Waals surface area contributed by atoms with Crippen molar-refractivity contribution in [3.63, 3.8) is 0 Å². The molecule has 0 heterocycles. The van der Waals surface area contributed by atoms with E-state index in [0.717, 1.165) is 19.3 Å². The minimum absolute atomic E-state index is 0.197. The molecule has 13 heavy (non-hydrogen) atoms. The Bertz CT molecular complexity index is 172. The van der Waals surface area contributed by atoms with Crippen LogP contribution in [-0.2, 0) is 0 Å². The van der Waals surface area contributed by atoms with Gasteiger partial charge in [-0.2, -0.15) is 0 Å². The topological polar surface area (TPSA) is 26.0 Å². The quantitative estimate of drug-likeness (QED) is 0.597. The average Bonchev–Trinajstić information content (AvgIpc) is 2.05. The van der Waals surface area contributed by atoms with Crippen LogP contribution in [0.25, 0.3) is 0 Å². The first-order chi connectivity index (χ1) is 6.10. The monoisotopic (exact) mass is 179 g/mol. The maximum absolute atomic E-state index is 6.26. The van der Waals surface area contributed by atoms with Crippen LogP contribution in [0.3, 0.4) is 0 Å². The lowest BCUT2D eigenvalue weighted by Crippen LogP contribution is -2.45. The second-order valence-electron chi connectivity index (χ2n) is 3.64. The summed E-state index contributed by atoms with van der Waals surface area (Å²) >= 11 is 0. The SMILES string of the molecule is C=CCC(C)C(N)(CC=C)CC=C. The molecule has 0 saturated heterocycles. The highest BCUT2D eigenvalue weighted by Crippen LogP contribution is 2.26. The first kappa shape index (κ1) is 12.2. The highest BCUT2D eigenvalue weighted by Gasteiger charge is 2.27. The van der Waals surface area contributed by atoms with E-state index in [4.69, 9.17) is 5.73 Å². The summed E-state index contributed by atoms with van der Waals surface area (Å²) in [6.07, 6.45) is 8.27. The summed E-state index contributed by atoms with van der Waals surface area (Å²) in [5, 5.41) is 0. The lowest BCUT2D eigenvalue weighted by atomic mass is 9.78. The lowest BCUT2D eigenvalue weighted by Gasteiger charge is -2.33. The number of allylic oxidation sites excluding steroid dienone is 1. The van der Waals surface area contributed by atoms with Gasteiger partial charge >= 0.3 is 0 Å². The second kappa shape index (κ2) is 5.76. The van der Waals surface area contributed by atoms with Gasteiger partial charge in [0, 0.05) is 5.54 Å². The van der Waals surface area contributed by atoms with Crippen molar-refractivity contribution in [2.75, 3.05) is 0 Å². The molecule has 0 aromatic carbocycles. The van der Waals surface area contributed by atoms with Crippen molar-refractivity contribution in [1.82, 2.24) is 0 Å². The van der Waals surface area contributed by atoms with Crippen molar-refractivity contribution in [3.05, 3.63) is 38.0 Å². The first-order valence-electron chi connectivity index (χ1n) is 4.72. The lowest BCUT2D eigenvalue weighted by molar-refractivity contribution is 0.296. The molecule has 0 saturated carbocycles. The van der Waals surface area contributed by atoms with E-state index in [2.05, 4.69) is 26.7 Å². The van der Waals surface area contributed by atoms with Gasteiger partial charge in [-0.05, 0) is 25.2 Å². The summed E-state index contributed by atoms with van der Waals surface area (Å²) in [5.74, 6) is 0.418. The molecule has 2 N–H and O–H groups in total. The molecule has 0 aliphatic rings. The Hall–Kier alpha value is -0.820. The van der Waals surface area contributed by atoms with Crippen LogP contribution in [0.1, 0.15) is 26.2 Å². The highest BCUT2D eigenvalue weighted by molar-refractivity contribution is 5.00. The number of nitrogens with two attached hydrogens (primary N) is 1. The molecule has 1 unspecified atom stereocenters. The summed E-state index contributed by atoms with van der Waals surface area (Å²) in [6, 6.07) is 0. The van der Waals surface area contributed by atoms with E-state index in [-0.39, 0.29) is 5.54 Å². The van der Waals surface area contributed by atoms with Gasteiger partial charge in [0.15, 0.2) is 0 Å². The number of hydrogen-bond donors (Lipinski definition) is 1. The number of rotatable bonds is 7. The molecule has 1 atom stereocenters. The van der Waals surface area contributed by atoms with Gasteiger partial charge in [-0.25, -0.2) is 0 Å². The molecule has 0 spiro atoms. The first-order valence-corrected chi connectivity index (χ1v) is 4.72. The van der Waals surface area contributed by atoms with Crippen molar-refractivity contribution in [2.45, 2.75) is 31.7 Å². The molecule has 0 radical (unpaired) electrons. The zero-order valence-corrected chi connectivity index (χ0v) is 8.63. The highest BCUT2D eigenvalue weighted by atomic mass is 14.7. The van der Waals surface area contributed by atoms with Gasteiger partial charge in [0.2, 0.25) is 0 Å². The molecule has 0 aliphatic carbocycles. The van der Waals surface area contributed by atoms with E-state index in [1.807, 2.05) is 18.2 Å². The Morgan fingerprint density at radius 2 is 1.62 bits per heavy atom. The van der Waals surface area contributed by atoms with Gasteiger partial charge in [-0.1, -0.05) is 25.2 Å². The predicted molar refractivity (Wildman–Crippen MR) is 60.5 cm³/mol. The molecule has 0 aromatic heterocycles. The van der Waals surface area contributed by atoms with Crippen molar-refractivity contribution in [2.24, 2.45) is 11.7 Å². The molecule has 74 valence electrons. The Labute approximate surface area is 82.0 Å². The third kappa shape index (κ3) is 3.60. The van der Waals surface area contributed by atoms with Crippen LogP contribution in [0.5, 0.6) is 0 Å². The van der Waals surface area contributed by atoms with E-state index in [9.17, 15) is 0 Å².